The minimum atomic E-state index is -4.04. The molecule has 0 aliphatic heterocycles. The van der Waals surface area contributed by atoms with E-state index in [1.807, 2.05) is 30.3 Å². The van der Waals surface area contributed by atoms with Crippen LogP contribution in [0.25, 0.3) is 0 Å². The molecule has 2 amide bonds. The molecule has 0 heterocycles. The van der Waals surface area contributed by atoms with Crippen molar-refractivity contribution in [2.45, 2.75) is 19.0 Å². The van der Waals surface area contributed by atoms with Crippen molar-refractivity contribution < 1.29 is 18.0 Å². The first-order valence-electron chi connectivity index (χ1n) is 11.8. The highest BCUT2D eigenvalue weighted by Gasteiger charge is 2.34. The summed E-state index contributed by atoms with van der Waals surface area (Å²) >= 11 is 12.3. The molecule has 0 bridgehead atoms. The predicted molar refractivity (Wildman–Crippen MR) is 151 cm³/mol. The molecule has 0 aliphatic rings. The number of carbonyl (C=O) groups is 2. The second-order valence-corrected chi connectivity index (χ2v) is 11.6. The highest BCUT2D eigenvalue weighted by atomic mass is 35.5. The lowest BCUT2D eigenvalue weighted by Crippen LogP contribution is -2.53. The van der Waals surface area contributed by atoms with Crippen LogP contribution in [0.3, 0.4) is 0 Å². The molecule has 0 saturated carbocycles. The van der Waals surface area contributed by atoms with Gasteiger partial charge in [-0.1, -0.05) is 77.8 Å². The maximum Gasteiger partial charge on any atom is 0.304 e. The summed E-state index contributed by atoms with van der Waals surface area (Å²) in [6, 6.07) is 21.7. The van der Waals surface area contributed by atoms with Crippen LogP contribution in [0.1, 0.15) is 11.1 Å². The Morgan fingerprint density at radius 1 is 0.868 bits per heavy atom. The molecule has 0 spiro atoms. The number of benzene rings is 3. The maximum atomic E-state index is 14.0. The van der Waals surface area contributed by atoms with E-state index in [1.165, 1.54) is 26.0 Å². The Morgan fingerprint density at radius 2 is 1.47 bits per heavy atom. The van der Waals surface area contributed by atoms with Crippen LogP contribution < -0.4 is 9.62 Å². The standard InChI is InChI=1S/C27H30Cl2N4O4S/c1-30-27(35)25(17-20-10-6-4-7-11-20)32(18-21-14-15-23(28)24(29)16-21)26(34)19-33(38(36,37)31(2)3)22-12-8-5-9-13-22/h4-16,25H,17-19H2,1-3H3,(H,30,35). The topological polar surface area (TPSA) is 90.0 Å². The molecule has 3 aromatic carbocycles. The number of hydrogen-bond acceptors (Lipinski definition) is 4. The fraction of sp³-hybridized carbons (Fsp3) is 0.259. The fourth-order valence-electron chi connectivity index (χ4n) is 3.87. The lowest BCUT2D eigenvalue weighted by Gasteiger charge is -2.34. The summed E-state index contributed by atoms with van der Waals surface area (Å²) < 4.78 is 28.6. The zero-order valence-corrected chi connectivity index (χ0v) is 23.7. The van der Waals surface area contributed by atoms with Gasteiger partial charge in [0.25, 0.3) is 0 Å². The van der Waals surface area contributed by atoms with Gasteiger partial charge in [-0.25, -0.2) is 4.31 Å². The predicted octanol–water partition coefficient (Wildman–Crippen LogP) is 3.99. The van der Waals surface area contributed by atoms with Gasteiger partial charge in [-0.15, -0.1) is 0 Å². The molecular weight excluding hydrogens is 547 g/mol. The van der Waals surface area contributed by atoms with Gasteiger partial charge in [0.1, 0.15) is 12.6 Å². The van der Waals surface area contributed by atoms with Crippen LogP contribution in [0.4, 0.5) is 5.69 Å². The van der Waals surface area contributed by atoms with Crippen molar-refractivity contribution in [2.24, 2.45) is 0 Å². The summed E-state index contributed by atoms with van der Waals surface area (Å²) in [6.07, 6.45) is 0.222. The molecule has 202 valence electrons. The Morgan fingerprint density at radius 3 is 2.03 bits per heavy atom. The molecule has 11 heteroatoms. The van der Waals surface area contributed by atoms with Crippen molar-refractivity contribution in [3.8, 4) is 0 Å². The van der Waals surface area contributed by atoms with E-state index in [0.717, 1.165) is 14.2 Å². The molecule has 3 aromatic rings. The molecule has 8 nitrogen and oxygen atoms in total. The van der Waals surface area contributed by atoms with Gasteiger partial charge >= 0.3 is 10.2 Å². The molecule has 0 saturated heterocycles. The molecule has 0 aromatic heterocycles. The Hall–Kier alpha value is -3.11. The second-order valence-electron chi connectivity index (χ2n) is 8.72. The van der Waals surface area contributed by atoms with Crippen LogP contribution in [0, 0.1) is 0 Å². The van der Waals surface area contributed by atoms with Crippen LogP contribution in [-0.2, 0) is 32.8 Å². The van der Waals surface area contributed by atoms with Crippen molar-refractivity contribution in [1.82, 2.24) is 14.5 Å². The number of para-hydroxylation sites is 1. The third kappa shape index (κ3) is 7.26. The Bertz CT molecular complexity index is 1360. The second kappa shape index (κ2) is 13.1. The van der Waals surface area contributed by atoms with E-state index in [1.54, 1.807) is 48.5 Å². The van der Waals surface area contributed by atoms with Crippen molar-refractivity contribution in [1.29, 1.82) is 0 Å². The third-order valence-corrected chi connectivity index (χ3v) is 8.48. The number of carbonyl (C=O) groups excluding carboxylic acids is 2. The van der Waals surface area contributed by atoms with E-state index in [9.17, 15) is 18.0 Å². The normalized spacial score (nSPS) is 12.2. The van der Waals surface area contributed by atoms with Crippen LogP contribution >= 0.6 is 23.2 Å². The summed E-state index contributed by atoms with van der Waals surface area (Å²) in [5.41, 5.74) is 1.80. The molecule has 1 atom stereocenters. The molecule has 1 unspecified atom stereocenters. The van der Waals surface area contributed by atoms with Gasteiger partial charge < -0.3 is 10.2 Å². The Balaban J connectivity index is 2.06. The van der Waals surface area contributed by atoms with Gasteiger partial charge in [0.2, 0.25) is 11.8 Å². The molecular formula is C27H30Cl2N4O4S. The number of nitrogens with zero attached hydrogens (tertiary/aromatic N) is 3. The molecule has 3 rings (SSSR count). The highest BCUT2D eigenvalue weighted by molar-refractivity contribution is 7.90. The number of likely N-dealkylation sites (N-methyl/N-ethyl adjacent to an activating group) is 1. The van der Waals surface area contributed by atoms with Gasteiger partial charge in [0.05, 0.1) is 15.7 Å². The Labute approximate surface area is 233 Å². The lowest BCUT2D eigenvalue weighted by molar-refractivity contribution is -0.139. The molecule has 0 aliphatic carbocycles. The van der Waals surface area contributed by atoms with E-state index in [-0.39, 0.29) is 18.9 Å². The molecule has 0 radical (unpaired) electrons. The van der Waals surface area contributed by atoms with Crippen LogP contribution in [0.5, 0.6) is 0 Å². The number of nitrogens with one attached hydrogen (secondary N) is 1. The zero-order valence-electron chi connectivity index (χ0n) is 21.3. The van der Waals surface area contributed by atoms with Crippen LogP contribution in [-0.4, -0.2) is 63.2 Å². The van der Waals surface area contributed by atoms with Crippen molar-refractivity contribution in [3.63, 3.8) is 0 Å². The fourth-order valence-corrected chi connectivity index (χ4v) is 5.24. The maximum absolute atomic E-state index is 14.0. The van der Waals surface area contributed by atoms with Crippen molar-refractivity contribution in [2.75, 3.05) is 32.0 Å². The summed E-state index contributed by atoms with van der Waals surface area (Å²) in [4.78, 5) is 28.5. The van der Waals surface area contributed by atoms with Gasteiger partial charge in [-0.2, -0.15) is 12.7 Å². The monoisotopic (exact) mass is 576 g/mol. The first kappa shape index (κ1) is 29.4. The van der Waals surface area contributed by atoms with E-state index in [0.29, 0.717) is 21.3 Å². The average Bonchev–Trinajstić information content (AvgIpc) is 2.91. The van der Waals surface area contributed by atoms with Crippen molar-refractivity contribution in [3.05, 3.63) is 100 Å². The summed E-state index contributed by atoms with van der Waals surface area (Å²) in [5.74, 6) is -0.945. The van der Waals surface area contributed by atoms with E-state index in [2.05, 4.69) is 5.32 Å². The van der Waals surface area contributed by atoms with Gasteiger partial charge in [-0.05, 0) is 35.4 Å². The van der Waals surface area contributed by atoms with E-state index >= 15 is 0 Å². The number of amides is 2. The average molecular weight is 578 g/mol. The third-order valence-electron chi connectivity index (χ3n) is 5.92. The first-order chi connectivity index (χ1) is 18.0. The summed E-state index contributed by atoms with van der Waals surface area (Å²) in [6.45, 7) is -0.514. The minimum Gasteiger partial charge on any atom is -0.357 e. The quantitative estimate of drug-likeness (QED) is 0.373. The van der Waals surface area contributed by atoms with Crippen LogP contribution in [0.15, 0.2) is 78.9 Å². The minimum absolute atomic E-state index is 0.00524. The van der Waals surface area contributed by atoms with E-state index < -0.39 is 28.7 Å². The number of anilines is 1. The zero-order chi connectivity index (χ0) is 27.9. The smallest absolute Gasteiger partial charge is 0.304 e. The lowest BCUT2D eigenvalue weighted by atomic mass is 10.0. The largest absolute Gasteiger partial charge is 0.357 e. The molecule has 0 fully saturated rings. The SMILES string of the molecule is CNC(=O)C(Cc1ccccc1)N(Cc1ccc(Cl)c(Cl)c1)C(=O)CN(c1ccccc1)S(=O)(=O)N(C)C. The highest BCUT2D eigenvalue weighted by Crippen LogP contribution is 2.25. The van der Waals surface area contributed by atoms with E-state index in [4.69, 9.17) is 23.2 Å². The summed E-state index contributed by atoms with van der Waals surface area (Å²) in [7, 11) is 0.248. The van der Waals surface area contributed by atoms with Gasteiger partial charge in [0, 0.05) is 34.1 Å². The van der Waals surface area contributed by atoms with Crippen molar-refractivity contribution >= 4 is 50.9 Å². The molecule has 38 heavy (non-hydrogen) atoms. The number of rotatable bonds is 11. The van der Waals surface area contributed by atoms with Crippen LogP contribution in [0.2, 0.25) is 10.0 Å². The first-order valence-corrected chi connectivity index (χ1v) is 13.9. The number of halogens is 2. The van der Waals surface area contributed by atoms with Gasteiger partial charge in [0.15, 0.2) is 0 Å². The summed E-state index contributed by atoms with van der Waals surface area (Å²) in [5, 5.41) is 3.30. The van der Waals surface area contributed by atoms with Gasteiger partial charge in [-0.3, -0.25) is 9.59 Å². The molecule has 1 N–H and O–H groups in total. The Kier molecular flexibility index (Phi) is 10.2. The number of hydrogen-bond donors (Lipinski definition) is 1.